The van der Waals surface area contributed by atoms with E-state index in [4.69, 9.17) is 0 Å². The Bertz CT molecular complexity index is 290. The maximum Gasteiger partial charge on any atom is 0.172 e. The quantitative estimate of drug-likeness (QED) is 0.251. The first-order valence-corrected chi connectivity index (χ1v) is 9.95. The van der Waals surface area contributed by atoms with Gasteiger partial charge in [0.1, 0.15) is 0 Å². The van der Waals surface area contributed by atoms with Gasteiger partial charge in [0.15, 0.2) is 5.78 Å². The molecular formula is C20H42N2O2. The maximum absolute atomic E-state index is 10.0. The molecule has 0 fully saturated rings. The molecule has 0 radical (unpaired) electrons. The molecule has 144 valence electrons. The van der Waals surface area contributed by atoms with Crippen LogP contribution in [-0.4, -0.2) is 42.2 Å². The van der Waals surface area contributed by atoms with Crippen molar-refractivity contribution in [3.63, 3.8) is 0 Å². The predicted molar refractivity (Wildman–Crippen MR) is 107 cm³/mol. The van der Waals surface area contributed by atoms with Crippen molar-refractivity contribution in [2.45, 2.75) is 92.9 Å². The summed E-state index contributed by atoms with van der Waals surface area (Å²) in [7, 11) is 0. The average Bonchev–Trinajstić information content (AvgIpc) is 2.60. The molecule has 0 aromatic carbocycles. The number of Topliss-reactive ketones (excluding diaryl/α,β-unsaturated/α-hetero) is 1. The van der Waals surface area contributed by atoms with Gasteiger partial charge in [0.05, 0.1) is 31.9 Å². The molecule has 0 N–H and O–H groups in total. The van der Waals surface area contributed by atoms with Crippen LogP contribution in [0.15, 0.2) is 5.16 Å². The van der Waals surface area contributed by atoms with E-state index in [1.165, 1.54) is 95.9 Å². The lowest BCUT2D eigenvalue weighted by Crippen LogP contribution is -2.50. The molecule has 4 nitrogen and oxygen atoms in total. The van der Waals surface area contributed by atoms with Gasteiger partial charge in [0.25, 0.3) is 0 Å². The minimum Gasteiger partial charge on any atom is -0.792 e. The zero-order valence-corrected chi connectivity index (χ0v) is 17.2. The van der Waals surface area contributed by atoms with Crippen LogP contribution >= 0.6 is 0 Å². The van der Waals surface area contributed by atoms with Crippen LogP contribution in [0.25, 0.3) is 0 Å². The number of nitrogens with zero attached hydrogens (tertiary/aromatic N) is 2. The van der Waals surface area contributed by atoms with E-state index in [9.17, 15) is 10.0 Å². The van der Waals surface area contributed by atoms with Crippen LogP contribution in [-0.2, 0) is 4.79 Å². The van der Waals surface area contributed by atoms with Gasteiger partial charge >= 0.3 is 0 Å². The molecule has 0 rings (SSSR count). The largest absolute Gasteiger partial charge is 0.792 e. The summed E-state index contributed by atoms with van der Waals surface area (Å²) in [5.74, 6) is -0.269. The molecule has 0 saturated heterocycles. The van der Waals surface area contributed by atoms with Gasteiger partial charge in [-0.1, -0.05) is 53.4 Å². The number of hydrogen-bond acceptors (Lipinski definition) is 3. The highest BCUT2D eigenvalue weighted by Crippen LogP contribution is 2.16. The molecule has 0 aliphatic carbocycles. The summed E-state index contributed by atoms with van der Waals surface area (Å²) in [6.45, 7) is 17.7. The Morgan fingerprint density at radius 2 is 1.04 bits per heavy atom. The molecule has 4 heteroatoms. The number of rotatable bonds is 13. The molecule has 0 heterocycles. The molecule has 0 aromatic heterocycles. The minimum absolute atomic E-state index is 0.0278. The van der Waals surface area contributed by atoms with Gasteiger partial charge in [-0.2, -0.15) is 0 Å². The summed E-state index contributed by atoms with van der Waals surface area (Å²) in [6, 6.07) is 0. The van der Waals surface area contributed by atoms with Crippen molar-refractivity contribution >= 4 is 11.5 Å². The summed E-state index contributed by atoms with van der Waals surface area (Å²) in [4.78, 5) is 10.0. The Morgan fingerprint density at radius 1 is 0.750 bits per heavy atom. The summed E-state index contributed by atoms with van der Waals surface area (Å²) in [5, 5.41) is 11.8. The zero-order chi connectivity index (χ0) is 18.8. The van der Waals surface area contributed by atoms with Crippen molar-refractivity contribution < 1.29 is 9.28 Å². The van der Waals surface area contributed by atoms with E-state index in [0.717, 1.165) is 0 Å². The normalized spacial score (nSPS) is 11.8. The maximum atomic E-state index is 10.0. The summed E-state index contributed by atoms with van der Waals surface area (Å²) in [6.07, 6.45) is 11.1. The summed E-state index contributed by atoms with van der Waals surface area (Å²) >= 11 is 0. The van der Waals surface area contributed by atoms with Crippen molar-refractivity contribution in [1.82, 2.24) is 0 Å². The number of carbonyl (C=O) groups is 1. The summed E-state index contributed by atoms with van der Waals surface area (Å²) < 4.78 is 1.42. The monoisotopic (exact) mass is 342 g/mol. The van der Waals surface area contributed by atoms with Gasteiger partial charge in [-0.15, -0.1) is 0 Å². The van der Waals surface area contributed by atoms with Crippen molar-refractivity contribution in [2.24, 2.45) is 5.16 Å². The molecule has 0 unspecified atom stereocenters. The Balaban J connectivity index is 0. The van der Waals surface area contributed by atoms with E-state index < -0.39 is 0 Å². The van der Waals surface area contributed by atoms with Crippen molar-refractivity contribution in [3.8, 4) is 0 Å². The lowest BCUT2D eigenvalue weighted by Gasteiger charge is -2.39. The highest BCUT2D eigenvalue weighted by atomic mass is 16.4. The fraction of sp³-hybridized carbons (Fsp3) is 0.900. The molecule has 0 saturated carbocycles. The van der Waals surface area contributed by atoms with Gasteiger partial charge in [0.2, 0.25) is 0 Å². The molecule has 0 atom stereocenters. The summed E-state index contributed by atoms with van der Waals surface area (Å²) in [5.41, 5.74) is 0.0278. The molecule has 0 aliphatic rings. The third-order valence-corrected chi connectivity index (χ3v) is 4.59. The van der Waals surface area contributed by atoms with Crippen LogP contribution < -0.4 is 0 Å². The highest BCUT2D eigenvalue weighted by Gasteiger charge is 2.24. The number of carbonyl (C=O) groups excluding carboxylic acids is 1. The van der Waals surface area contributed by atoms with Gasteiger partial charge in [0, 0.05) is 6.92 Å². The predicted octanol–water partition coefficient (Wildman–Crippen LogP) is 5.54. The van der Waals surface area contributed by atoms with Crippen molar-refractivity contribution in [3.05, 3.63) is 5.21 Å². The van der Waals surface area contributed by atoms with E-state index >= 15 is 0 Å². The van der Waals surface area contributed by atoms with Crippen LogP contribution in [0.2, 0.25) is 0 Å². The molecule has 0 aliphatic heterocycles. The van der Waals surface area contributed by atoms with Gasteiger partial charge < -0.3 is 14.8 Å². The first-order chi connectivity index (χ1) is 11.4. The third kappa shape index (κ3) is 13.5. The SMILES string of the molecule is CC(=O)C(C)=N[O-].CCCC[N+](CCCC)(CCCC)CCCC. The average molecular weight is 343 g/mol. The first kappa shape index (κ1) is 25.3. The van der Waals surface area contributed by atoms with E-state index in [-0.39, 0.29) is 11.5 Å². The lowest BCUT2D eigenvalue weighted by molar-refractivity contribution is -0.929. The number of ketones is 1. The molecule has 24 heavy (non-hydrogen) atoms. The number of unbranched alkanes of at least 4 members (excludes halogenated alkanes) is 4. The van der Waals surface area contributed by atoms with Gasteiger partial charge in [-0.05, 0) is 32.6 Å². The topological polar surface area (TPSA) is 52.5 Å². The first-order valence-electron chi connectivity index (χ1n) is 9.95. The minimum atomic E-state index is -0.269. The lowest BCUT2D eigenvalue weighted by atomic mass is 10.1. The van der Waals surface area contributed by atoms with E-state index in [0.29, 0.717) is 0 Å². The second kappa shape index (κ2) is 16.9. The molecular weight excluding hydrogens is 300 g/mol. The van der Waals surface area contributed by atoms with Crippen LogP contribution in [0.5, 0.6) is 0 Å². The van der Waals surface area contributed by atoms with Gasteiger partial charge in [-0.25, -0.2) is 0 Å². The molecule has 0 bridgehead atoms. The smallest absolute Gasteiger partial charge is 0.172 e. The van der Waals surface area contributed by atoms with E-state index in [1.807, 2.05) is 0 Å². The van der Waals surface area contributed by atoms with Crippen molar-refractivity contribution in [1.29, 1.82) is 0 Å². The van der Waals surface area contributed by atoms with Crippen molar-refractivity contribution in [2.75, 3.05) is 26.2 Å². The second-order valence-corrected chi connectivity index (χ2v) is 6.88. The second-order valence-electron chi connectivity index (χ2n) is 6.88. The van der Waals surface area contributed by atoms with Gasteiger partial charge in [-0.3, -0.25) is 4.79 Å². The number of quaternary nitrogens is 1. The van der Waals surface area contributed by atoms with E-state index in [1.54, 1.807) is 0 Å². The van der Waals surface area contributed by atoms with Crippen LogP contribution in [0, 0.1) is 5.21 Å². The Morgan fingerprint density at radius 3 is 1.17 bits per heavy atom. The van der Waals surface area contributed by atoms with E-state index in [2.05, 4.69) is 32.9 Å². The van der Waals surface area contributed by atoms with Crippen LogP contribution in [0.4, 0.5) is 0 Å². The molecule has 0 spiro atoms. The standard InChI is InChI=1S/C16H36N.C4H7NO2/c1-5-9-13-17(14-10-6-2,15-11-7-3)16-12-8-4;1-3(5-7)4(2)6/h5-16H2,1-4H3;7H,1-2H3/q+1;/p-1. The number of hydrogen-bond donors (Lipinski definition) is 0. The molecule has 0 amide bonds. The van der Waals surface area contributed by atoms with Crippen LogP contribution in [0.1, 0.15) is 92.9 Å². The fourth-order valence-corrected chi connectivity index (χ4v) is 2.71. The highest BCUT2D eigenvalue weighted by molar-refractivity contribution is 6.38. The zero-order valence-electron chi connectivity index (χ0n) is 17.2. The third-order valence-electron chi connectivity index (χ3n) is 4.59. The Hall–Kier alpha value is -0.900. The Kier molecular flexibility index (Phi) is 17.9. The van der Waals surface area contributed by atoms with Crippen LogP contribution in [0.3, 0.4) is 0 Å². The Labute approximate surface area is 150 Å². The fourth-order valence-electron chi connectivity index (χ4n) is 2.71. The molecule has 0 aromatic rings.